The van der Waals surface area contributed by atoms with E-state index >= 15 is 0 Å². The number of nitrogens with zero attached hydrogens (tertiary/aromatic N) is 2. The minimum absolute atomic E-state index is 0.904. The summed E-state index contributed by atoms with van der Waals surface area (Å²) in [6.45, 7) is 4.01. The van der Waals surface area contributed by atoms with Crippen LogP contribution in [0.15, 0.2) is 36.7 Å². The van der Waals surface area contributed by atoms with E-state index in [9.17, 15) is 0 Å². The lowest BCUT2D eigenvalue weighted by Crippen LogP contribution is -2.12. The molecule has 3 nitrogen and oxygen atoms in total. The van der Waals surface area contributed by atoms with Crippen LogP contribution in [0.4, 0.5) is 0 Å². The molecule has 0 aliphatic rings. The van der Waals surface area contributed by atoms with Crippen molar-refractivity contribution in [2.45, 2.75) is 13.5 Å². The minimum Gasteiger partial charge on any atom is -0.313 e. The Kier molecular flexibility index (Phi) is 3.37. The van der Waals surface area contributed by atoms with Gasteiger partial charge in [-0.2, -0.15) is 5.10 Å². The Bertz CT molecular complexity index is 460. The van der Waals surface area contributed by atoms with Gasteiger partial charge in [0.05, 0.1) is 6.20 Å². The minimum atomic E-state index is 0.904. The number of rotatable bonds is 4. The van der Waals surface area contributed by atoms with E-state index in [4.69, 9.17) is 0 Å². The first-order valence-electron chi connectivity index (χ1n) is 5.59. The molecule has 0 aliphatic heterocycles. The van der Waals surface area contributed by atoms with E-state index in [0.717, 1.165) is 13.1 Å². The summed E-state index contributed by atoms with van der Waals surface area (Å²) in [4.78, 5) is 0. The topological polar surface area (TPSA) is 29.9 Å². The van der Waals surface area contributed by atoms with Crippen molar-refractivity contribution in [3.05, 3.63) is 42.2 Å². The molecule has 2 rings (SSSR count). The van der Waals surface area contributed by atoms with Gasteiger partial charge in [-0.05, 0) is 17.7 Å². The smallest absolute Gasteiger partial charge is 0.0568 e. The molecule has 0 atom stereocenters. The van der Waals surface area contributed by atoms with Crippen molar-refractivity contribution >= 4 is 0 Å². The molecule has 0 saturated heterocycles. The van der Waals surface area contributed by atoms with Gasteiger partial charge in [-0.3, -0.25) is 4.68 Å². The molecule has 0 spiro atoms. The van der Waals surface area contributed by atoms with E-state index in [-0.39, 0.29) is 0 Å². The molecule has 0 amide bonds. The van der Waals surface area contributed by atoms with Gasteiger partial charge in [0.25, 0.3) is 0 Å². The maximum Gasteiger partial charge on any atom is 0.0568 e. The Morgan fingerprint density at radius 2 is 2.12 bits per heavy atom. The summed E-state index contributed by atoms with van der Waals surface area (Å²) in [5.74, 6) is 0. The summed E-state index contributed by atoms with van der Waals surface area (Å²) in [6.07, 6.45) is 3.95. The monoisotopic (exact) mass is 215 g/mol. The first kappa shape index (κ1) is 10.9. The fourth-order valence-corrected chi connectivity index (χ4v) is 1.78. The second-order valence-corrected chi connectivity index (χ2v) is 3.84. The Morgan fingerprint density at radius 3 is 2.81 bits per heavy atom. The first-order valence-corrected chi connectivity index (χ1v) is 5.59. The van der Waals surface area contributed by atoms with Gasteiger partial charge in [-0.1, -0.05) is 31.2 Å². The molecular formula is C13H17N3. The highest BCUT2D eigenvalue weighted by Gasteiger charge is 2.05. The van der Waals surface area contributed by atoms with Gasteiger partial charge in [-0.15, -0.1) is 0 Å². The van der Waals surface area contributed by atoms with Crippen LogP contribution in [0.5, 0.6) is 0 Å². The molecule has 0 fully saturated rings. The summed E-state index contributed by atoms with van der Waals surface area (Å²) in [6, 6.07) is 8.44. The molecule has 0 saturated carbocycles. The molecule has 0 radical (unpaired) electrons. The molecular weight excluding hydrogens is 198 g/mol. The van der Waals surface area contributed by atoms with Gasteiger partial charge in [0.15, 0.2) is 0 Å². The van der Waals surface area contributed by atoms with Crippen molar-refractivity contribution in [1.82, 2.24) is 15.1 Å². The van der Waals surface area contributed by atoms with Crippen LogP contribution in [0, 0.1) is 0 Å². The summed E-state index contributed by atoms with van der Waals surface area (Å²) in [7, 11) is 1.94. The lowest BCUT2D eigenvalue weighted by molar-refractivity contribution is 0.728. The van der Waals surface area contributed by atoms with Gasteiger partial charge in [0.2, 0.25) is 0 Å². The molecule has 1 aromatic heterocycles. The van der Waals surface area contributed by atoms with Crippen molar-refractivity contribution in [2.24, 2.45) is 7.05 Å². The van der Waals surface area contributed by atoms with Crippen LogP contribution in [0.1, 0.15) is 12.5 Å². The third kappa shape index (κ3) is 2.31. The van der Waals surface area contributed by atoms with Crippen LogP contribution in [0.3, 0.4) is 0 Å². The molecule has 1 N–H and O–H groups in total. The van der Waals surface area contributed by atoms with E-state index in [1.54, 1.807) is 0 Å². The molecule has 84 valence electrons. The SMILES string of the molecule is CCNCc1ccccc1-c1cnn(C)c1. The van der Waals surface area contributed by atoms with E-state index in [1.165, 1.54) is 16.7 Å². The van der Waals surface area contributed by atoms with Crippen molar-refractivity contribution in [2.75, 3.05) is 6.54 Å². The predicted molar refractivity (Wildman–Crippen MR) is 66.0 cm³/mol. The second-order valence-electron chi connectivity index (χ2n) is 3.84. The molecule has 1 heterocycles. The Balaban J connectivity index is 2.32. The van der Waals surface area contributed by atoms with Crippen LogP contribution < -0.4 is 5.32 Å². The number of hydrogen-bond donors (Lipinski definition) is 1. The largest absolute Gasteiger partial charge is 0.313 e. The number of hydrogen-bond acceptors (Lipinski definition) is 2. The highest BCUT2D eigenvalue weighted by atomic mass is 15.2. The van der Waals surface area contributed by atoms with Gasteiger partial charge in [-0.25, -0.2) is 0 Å². The van der Waals surface area contributed by atoms with E-state index in [1.807, 2.05) is 24.1 Å². The Morgan fingerprint density at radius 1 is 1.31 bits per heavy atom. The van der Waals surface area contributed by atoms with Crippen molar-refractivity contribution in [3.8, 4) is 11.1 Å². The van der Waals surface area contributed by atoms with Crippen molar-refractivity contribution in [3.63, 3.8) is 0 Å². The zero-order chi connectivity index (χ0) is 11.4. The zero-order valence-electron chi connectivity index (χ0n) is 9.77. The van der Waals surface area contributed by atoms with Gasteiger partial charge < -0.3 is 5.32 Å². The van der Waals surface area contributed by atoms with Crippen LogP contribution in [0.25, 0.3) is 11.1 Å². The number of benzene rings is 1. The summed E-state index contributed by atoms with van der Waals surface area (Å²) < 4.78 is 1.83. The predicted octanol–water partition coefficient (Wildman–Crippen LogP) is 2.20. The normalized spacial score (nSPS) is 10.6. The maximum atomic E-state index is 4.21. The van der Waals surface area contributed by atoms with Gasteiger partial charge in [0, 0.05) is 25.4 Å². The molecule has 3 heteroatoms. The first-order chi connectivity index (χ1) is 7.81. The highest BCUT2D eigenvalue weighted by Crippen LogP contribution is 2.22. The lowest BCUT2D eigenvalue weighted by Gasteiger charge is -2.07. The Labute approximate surface area is 96.1 Å². The van der Waals surface area contributed by atoms with Crippen molar-refractivity contribution < 1.29 is 0 Å². The highest BCUT2D eigenvalue weighted by molar-refractivity contribution is 5.65. The summed E-state index contributed by atoms with van der Waals surface area (Å²) in [5.41, 5.74) is 3.75. The summed E-state index contributed by atoms with van der Waals surface area (Å²) in [5, 5.41) is 7.56. The average Bonchev–Trinajstić information content (AvgIpc) is 2.73. The van der Waals surface area contributed by atoms with E-state index in [2.05, 4.69) is 41.6 Å². The molecule has 2 aromatic rings. The quantitative estimate of drug-likeness (QED) is 0.847. The molecule has 0 aliphatic carbocycles. The average molecular weight is 215 g/mol. The number of aromatic nitrogens is 2. The van der Waals surface area contributed by atoms with E-state index < -0.39 is 0 Å². The Hall–Kier alpha value is -1.61. The third-order valence-corrected chi connectivity index (χ3v) is 2.60. The van der Waals surface area contributed by atoms with Gasteiger partial charge in [0.1, 0.15) is 0 Å². The second kappa shape index (κ2) is 4.94. The molecule has 0 bridgehead atoms. The maximum absolute atomic E-state index is 4.21. The molecule has 16 heavy (non-hydrogen) atoms. The fraction of sp³-hybridized carbons (Fsp3) is 0.308. The van der Waals surface area contributed by atoms with Crippen LogP contribution in [-0.2, 0) is 13.6 Å². The molecule has 0 unspecified atom stereocenters. The number of aryl methyl sites for hydroxylation is 1. The third-order valence-electron chi connectivity index (χ3n) is 2.60. The van der Waals surface area contributed by atoms with Crippen molar-refractivity contribution in [1.29, 1.82) is 0 Å². The molecule has 1 aromatic carbocycles. The van der Waals surface area contributed by atoms with Crippen LogP contribution in [0.2, 0.25) is 0 Å². The van der Waals surface area contributed by atoms with Gasteiger partial charge >= 0.3 is 0 Å². The zero-order valence-corrected chi connectivity index (χ0v) is 9.77. The fourth-order valence-electron chi connectivity index (χ4n) is 1.78. The standard InChI is InChI=1S/C13H17N3/c1-3-14-8-11-6-4-5-7-13(11)12-9-15-16(2)10-12/h4-7,9-10,14H,3,8H2,1-2H3. The van der Waals surface area contributed by atoms with E-state index in [0.29, 0.717) is 0 Å². The van der Waals surface area contributed by atoms with Crippen LogP contribution in [-0.4, -0.2) is 16.3 Å². The lowest BCUT2D eigenvalue weighted by atomic mass is 10.0. The summed E-state index contributed by atoms with van der Waals surface area (Å²) >= 11 is 0. The van der Waals surface area contributed by atoms with Crippen LogP contribution >= 0.6 is 0 Å². The number of nitrogens with one attached hydrogen (secondary N) is 1.